The molecule has 0 spiro atoms. The molecular formula is C21H24F3N5O4S. The van der Waals surface area contributed by atoms with Gasteiger partial charge in [0.05, 0.1) is 17.0 Å². The molecule has 34 heavy (non-hydrogen) atoms. The van der Waals surface area contributed by atoms with Crippen molar-refractivity contribution in [3.8, 4) is 6.07 Å². The lowest BCUT2D eigenvalue weighted by molar-refractivity contribution is -0.137. The molecule has 0 saturated carbocycles. The van der Waals surface area contributed by atoms with E-state index in [1.807, 2.05) is 11.6 Å². The summed E-state index contributed by atoms with van der Waals surface area (Å²) in [5.41, 5.74) is -1.30. The second-order valence-corrected chi connectivity index (χ2v) is 9.80. The highest BCUT2D eigenvalue weighted by Crippen LogP contribution is 2.35. The number of hydrogen-bond donors (Lipinski definition) is 2. The standard InChI is InChI=1S/C21H24F3N5O4S/c1-3-20(13-25)7-4-9-29(10-8-20)34(31,32)28-18(30)17-12-33-19(27-17)26-16-11-15(21(22,23)24)6-5-14(16)2/h5-6,11-12H,3-4,7-10H2,1-2H3,(H,26,27)(H,28,30). The maximum atomic E-state index is 13.0. The summed E-state index contributed by atoms with van der Waals surface area (Å²) in [6.45, 7) is 3.70. The summed E-state index contributed by atoms with van der Waals surface area (Å²) >= 11 is 0. The molecular weight excluding hydrogens is 475 g/mol. The van der Waals surface area contributed by atoms with Crippen LogP contribution in [0, 0.1) is 23.7 Å². The monoisotopic (exact) mass is 499 g/mol. The first-order valence-corrected chi connectivity index (χ1v) is 12.0. The highest BCUT2D eigenvalue weighted by Gasteiger charge is 2.35. The van der Waals surface area contributed by atoms with Crippen LogP contribution in [0.15, 0.2) is 28.9 Å². The second kappa shape index (κ2) is 9.63. The fourth-order valence-corrected chi connectivity index (χ4v) is 4.84. The fourth-order valence-electron chi connectivity index (χ4n) is 3.67. The summed E-state index contributed by atoms with van der Waals surface area (Å²) in [4.78, 5) is 16.3. The Kier molecular flexibility index (Phi) is 7.23. The molecule has 1 unspecified atom stereocenters. The van der Waals surface area contributed by atoms with Crippen LogP contribution in [0.2, 0.25) is 0 Å². The van der Waals surface area contributed by atoms with Gasteiger partial charge in [-0.05, 0) is 50.3 Å². The Labute approximate surface area is 195 Å². The Morgan fingerprint density at radius 2 is 2.06 bits per heavy atom. The van der Waals surface area contributed by atoms with Gasteiger partial charge in [-0.2, -0.15) is 36.1 Å². The minimum absolute atomic E-state index is 0.0673. The maximum Gasteiger partial charge on any atom is 0.416 e. The van der Waals surface area contributed by atoms with Gasteiger partial charge in [-0.3, -0.25) is 4.79 Å². The van der Waals surface area contributed by atoms with Gasteiger partial charge >= 0.3 is 16.4 Å². The molecule has 0 radical (unpaired) electrons. The Balaban J connectivity index is 1.69. The molecule has 13 heteroatoms. The predicted molar refractivity (Wildman–Crippen MR) is 116 cm³/mol. The van der Waals surface area contributed by atoms with E-state index in [1.165, 1.54) is 6.07 Å². The van der Waals surface area contributed by atoms with Gasteiger partial charge in [0.25, 0.3) is 11.9 Å². The van der Waals surface area contributed by atoms with E-state index < -0.39 is 33.3 Å². The van der Waals surface area contributed by atoms with Crippen LogP contribution in [0.25, 0.3) is 0 Å². The molecule has 1 aliphatic heterocycles. The lowest BCUT2D eigenvalue weighted by atomic mass is 9.80. The summed E-state index contributed by atoms with van der Waals surface area (Å²) in [6.07, 6.45) is -1.65. The van der Waals surface area contributed by atoms with Crippen molar-refractivity contribution >= 4 is 27.8 Å². The Hall–Kier alpha value is -3.11. The normalized spacial score (nSPS) is 19.8. The first kappa shape index (κ1) is 25.5. The third kappa shape index (κ3) is 5.68. The van der Waals surface area contributed by atoms with Crippen LogP contribution in [0.3, 0.4) is 0 Å². The molecule has 184 valence electrons. The number of oxazole rings is 1. The average Bonchev–Trinajstić information content (AvgIpc) is 3.12. The van der Waals surface area contributed by atoms with Gasteiger partial charge in [0.2, 0.25) is 0 Å². The number of benzene rings is 1. The molecule has 1 atom stereocenters. The minimum Gasteiger partial charge on any atom is -0.431 e. The zero-order valence-corrected chi connectivity index (χ0v) is 19.4. The van der Waals surface area contributed by atoms with Crippen molar-refractivity contribution in [1.82, 2.24) is 14.0 Å². The Morgan fingerprint density at radius 1 is 1.32 bits per heavy atom. The van der Waals surface area contributed by atoms with Gasteiger partial charge in [0, 0.05) is 18.8 Å². The highest BCUT2D eigenvalue weighted by molar-refractivity contribution is 7.87. The maximum absolute atomic E-state index is 13.0. The van der Waals surface area contributed by atoms with Crippen LogP contribution in [0.5, 0.6) is 0 Å². The summed E-state index contributed by atoms with van der Waals surface area (Å²) < 4.78 is 72.5. The van der Waals surface area contributed by atoms with E-state index in [1.54, 1.807) is 6.92 Å². The van der Waals surface area contributed by atoms with Crippen molar-refractivity contribution in [2.45, 2.75) is 45.7 Å². The molecule has 1 aliphatic rings. The lowest BCUT2D eigenvalue weighted by Crippen LogP contribution is -2.44. The van der Waals surface area contributed by atoms with Gasteiger partial charge in [-0.15, -0.1) is 0 Å². The van der Waals surface area contributed by atoms with Crippen LogP contribution in [0.1, 0.15) is 54.2 Å². The number of halogens is 3. The largest absolute Gasteiger partial charge is 0.431 e. The van der Waals surface area contributed by atoms with Gasteiger partial charge in [0.1, 0.15) is 6.26 Å². The molecule has 1 saturated heterocycles. The van der Waals surface area contributed by atoms with E-state index in [-0.39, 0.29) is 30.5 Å². The Bertz CT molecular complexity index is 1210. The number of nitriles is 1. The van der Waals surface area contributed by atoms with Crippen molar-refractivity contribution in [3.63, 3.8) is 0 Å². The molecule has 3 rings (SSSR count). The van der Waals surface area contributed by atoms with E-state index in [4.69, 9.17) is 4.42 Å². The zero-order chi connectivity index (χ0) is 25.1. The summed E-state index contributed by atoms with van der Waals surface area (Å²) in [5.74, 6) is -1.05. The van der Waals surface area contributed by atoms with Crippen molar-refractivity contribution in [3.05, 3.63) is 41.3 Å². The Morgan fingerprint density at radius 3 is 2.71 bits per heavy atom. The van der Waals surface area contributed by atoms with E-state index in [9.17, 15) is 31.6 Å². The van der Waals surface area contributed by atoms with Crippen LogP contribution in [-0.4, -0.2) is 36.7 Å². The molecule has 0 aliphatic carbocycles. The molecule has 2 heterocycles. The number of nitrogens with zero attached hydrogens (tertiary/aromatic N) is 3. The van der Waals surface area contributed by atoms with Crippen LogP contribution in [-0.2, 0) is 16.4 Å². The third-order valence-electron chi connectivity index (χ3n) is 5.92. The van der Waals surface area contributed by atoms with Gasteiger partial charge in [-0.25, -0.2) is 4.72 Å². The van der Waals surface area contributed by atoms with E-state index in [0.717, 1.165) is 22.7 Å². The topological polar surface area (TPSA) is 128 Å². The molecule has 1 fully saturated rings. The molecule has 2 N–H and O–H groups in total. The van der Waals surface area contributed by atoms with Crippen molar-refractivity contribution in [1.29, 1.82) is 5.26 Å². The van der Waals surface area contributed by atoms with E-state index >= 15 is 0 Å². The highest BCUT2D eigenvalue weighted by atomic mass is 32.2. The number of aryl methyl sites for hydroxylation is 1. The second-order valence-electron chi connectivity index (χ2n) is 8.12. The molecule has 2 aromatic rings. The first-order valence-electron chi connectivity index (χ1n) is 10.5. The summed E-state index contributed by atoms with van der Waals surface area (Å²) in [7, 11) is -4.20. The quantitative estimate of drug-likeness (QED) is 0.612. The summed E-state index contributed by atoms with van der Waals surface area (Å²) in [6, 6.07) is 5.09. The van der Waals surface area contributed by atoms with Crippen molar-refractivity contribution in [2.75, 3.05) is 18.4 Å². The number of aromatic nitrogens is 1. The number of rotatable bonds is 6. The number of amides is 1. The predicted octanol–water partition coefficient (Wildman–Crippen LogP) is 4.13. The SMILES string of the molecule is CCC1(C#N)CCCN(S(=O)(=O)NC(=O)c2coc(Nc3cc(C(F)(F)F)ccc3C)n2)CC1. The number of hydrogen-bond acceptors (Lipinski definition) is 7. The number of anilines is 2. The number of carbonyl (C=O) groups is 1. The van der Waals surface area contributed by atoms with Crippen molar-refractivity contribution < 1.29 is 30.8 Å². The summed E-state index contributed by atoms with van der Waals surface area (Å²) in [5, 5.41) is 12.0. The fraction of sp³-hybridized carbons (Fsp3) is 0.476. The van der Waals surface area contributed by atoms with Gasteiger partial charge < -0.3 is 9.73 Å². The van der Waals surface area contributed by atoms with Crippen LogP contribution >= 0.6 is 0 Å². The molecule has 0 bridgehead atoms. The van der Waals surface area contributed by atoms with E-state index in [0.29, 0.717) is 31.2 Å². The number of nitrogens with one attached hydrogen (secondary N) is 2. The van der Waals surface area contributed by atoms with Gasteiger partial charge in [0.15, 0.2) is 5.69 Å². The zero-order valence-electron chi connectivity index (χ0n) is 18.6. The molecule has 1 amide bonds. The number of alkyl halides is 3. The third-order valence-corrected chi connectivity index (χ3v) is 7.41. The first-order chi connectivity index (χ1) is 15.9. The van der Waals surface area contributed by atoms with Gasteiger partial charge in [-0.1, -0.05) is 13.0 Å². The minimum atomic E-state index is -4.54. The smallest absolute Gasteiger partial charge is 0.416 e. The van der Waals surface area contributed by atoms with Crippen molar-refractivity contribution in [2.24, 2.45) is 5.41 Å². The van der Waals surface area contributed by atoms with E-state index in [2.05, 4.69) is 16.4 Å². The molecule has 9 nitrogen and oxygen atoms in total. The average molecular weight is 500 g/mol. The van der Waals surface area contributed by atoms with Crippen LogP contribution in [0.4, 0.5) is 24.9 Å². The lowest BCUT2D eigenvalue weighted by Gasteiger charge is -2.23. The number of carbonyl (C=O) groups excluding carboxylic acids is 1. The molecule has 1 aromatic carbocycles. The molecule has 1 aromatic heterocycles. The van der Waals surface area contributed by atoms with Crippen LogP contribution < -0.4 is 10.0 Å².